The van der Waals surface area contributed by atoms with E-state index >= 15 is 0 Å². The molecular weight excluding hydrogens is 326 g/mol. The van der Waals surface area contributed by atoms with Gasteiger partial charge in [0.05, 0.1) is 10.5 Å². The Kier molecular flexibility index (Phi) is 4.06. The van der Waals surface area contributed by atoms with E-state index in [4.69, 9.17) is 9.15 Å². The van der Waals surface area contributed by atoms with Crippen molar-refractivity contribution in [1.29, 1.82) is 0 Å². The number of nitrogens with zero attached hydrogens (tertiary/aromatic N) is 1. The molecule has 0 aliphatic heterocycles. The first-order valence-electron chi connectivity index (χ1n) is 7.37. The second-order valence-corrected chi connectivity index (χ2v) is 5.55. The highest BCUT2D eigenvalue weighted by molar-refractivity contribution is 5.92. The first-order valence-corrected chi connectivity index (χ1v) is 7.37. The van der Waals surface area contributed by atoms with Crippen molar-refractivity contribution in [3.8, 4) is 5.75 Å². The van der Waals surface area contributed by atoms with Crippen molar-refractivity contribution in [1.82, 2.24) is 0 Å². The third kappa shape index (κ3) is 3.25. The van der Waals surface area contributed by atoms with Gasteiger partial charge in [-0.05, 0) is 43.7 Å². The Morgan fingerprint density at radius 3 is 2.52 bits per heavy atom. The molecule has 0 saturated heterocycles. The first-order chi connectivity index (χ1) is 11.8. The molecule has 7 nitrogen and oxygen atoms in total. The first kappa shape index (κ1) is 16.4. The molecule has 2 aromatic carbocycles. The van der Waals surface area contributed by atoms with E-state index in [1.807, 2.05) is 0 Å². The number of aryl methyl sites for hydroxylation is 2. The summed E-state index contributed by atoms with van der Waals surface area (Å²) in [6.07, 6.45) is 0. The molecule has 0 radical (unpaired) electrons. The highest BCUT2D eigenvalue weighted by Crippen LogP contribution is 2.24. The zero-order valence-corrected chi connectivity index (χ0v) is 13.4. The van der Waals surface area contributed by atoms with Gasteiger partial charge in [-0.2, -0.15) is 0 Å². The monoisotopic (exact) mass is 339 g/mol. The summed E-state index contributed by atoms with van der Waals surface area (Å²) in [7, 11) is 0. The van der Waals surface area contributed by atoms with Crippen LogP contribution in [0.5, 0.6) is 5.75 Å². The lowest BCUT2D eigenvalue weighted by Gasteiger charge is -2.07. The zero-order valence-electron chi connectivity index (χ0n) is 13.4. The van der Waals surface area contributed by atoms with Crippen LogP contribution in [0.3, 0.4) is 0 Å². The van der Waals surface area contributed by atoms with Crippen LogP contribution in [0.15, 0.2) is 51.7 Å². The molecule has 0 aliphatic rings. The van der Waals surface area contributed by atoms with Crippen molar-refractivity contribution in [3.05, 3.63) is 79.7 Å². The summed E-state index contributed by atoms with van der Waals surface area (Å²) in [5.74, 6) is -0.449. The van der Waals surface area contributed by atoms with Crippen molar-refractivity contribution in [2.24, 2.45) is 0 Å². The molecule has 0 unspecified atom stereocenters. The Balaban J connectivity index is 1.90. The quantitative estimate of drug-likeness (QED) is 0.238. The molecule has 0 N–H and O–H groups in total. The van der Waals surface area contributed by atoms with Crippen molar-refractivity contribution >= 4 is 22.6 Å². The maximum atomic E-state index is 12.2. The Morgan fingerprint density at radius 2 is 1.84 bits per heavy atom. The number of hydrogen-bond acceptors (Lipinski definition) is 6. The topological polar surface area (TPSA) is 99.7 Å². The average Bonchev–Trinajstić information content (AvgIpc) is 2.53. The van der Waals surface area contributed by atoms with Crippen molar-refractivity contribution in [3.63, 3.8) is 0 Å². The van der Waals surface area contributed by atoms with Crippen LogP contribution >= 0.6 is 0 Å². The predicted molar refractivity (Wildman–Crippen MR) is 90.0 cm³/mol. The molecule has 0 bridgehead atoms. The molecular formula is C18H13NO6. The van der Waals surface area contributed by atoms with Crippen LogP contribution in [0.1, 0.15) is 21.5 Å². The van der Waals surface area contributed by atoms with Crippen molar-refractivity contribution in [2.45, 2.75) is 13.8 Å². The Hall–Kier alpha value is -3.48. The molecule has 0 spiro atoms. The van der Waals surface area contributed by atoms with Gasteiger partial charge in [-0.15, -0.1) is 0 Å². The lowest BCUT2D eigenvalue weighted by molar-refractivity contribution is -0.385. The highest BCUT2D eigenvalue weighted by atomic mass is 16.6. The van der Waals surface area contributed by atoms with Gasteiger partial charge in [0.25, 0.3) is 5.69 Å². The molecule has 1 heterocycles. The number of ether oxygens (including phenoxy) is 1. The van der Waals surface area contributed by atoms with E-state index in [-0.39, 0.29) is 17.0 Å². The standard InChI is InChI=1S/C18H13NO6/c1-10-8-17(20)25-16-9-13(4-5-14(10)16)24-18(21)12-3-6-15(19(22)23)11(2)7-12/h3-9H,1-2H3. The van der Waals surface area contributed by atoms with Crippen molar-refractivity contribution < 1.29 is 18.9 Å². The number of carbonyl (C=O) groups excluding carboxylic acids is 1. The maximum absolute atomic E-state index is 12.2. The maximum Gasteiger partial charge on any atom is 0.343 e. The van der Waals surface area contributed by atoms with Gasteiger partial charge < -0.3 is 9.15 Å². The molecule has 25 heavy (non-hydrogen) atoms. The molecule has 0 saturated carbocycles. The summed E-state index contributed by atoms with van der Waals surface area (Å²) in [6, 6.07) is 10.1. The normalized spacial score (nSPS) is 10.6. The van der Waals surface area contributed by atoms with Gasteiger partial charge >= 0.3 is 11.6 Å². The number of hydrogen-bond donors (Lipinski definition) is 0. The lowest BCUT2D eigenvalue weighted by Crippen LogP contribution is -2.09. The molecule has 3 aromatic rings. The average molecular weight is 339 g/mol. The summed E-state index contributed by atoms with van der Waals surface area (Å²) >= 11 is 0. The minimum absolute atomic E-state index is 0.0699. The van der Waals surface area contributed by atoms with Crippen LogP contribution in [-0.2, 0) is 0 Å². The molecule has 3 rings (SSSR count). The molecule has 0 aliphatic carbocycles. The molecule has 1 aromatic heterocycles. The highest BCUT2D eigenvalue weighted by Gasteiger charge is 2.15. The molecule has 0 fully saturated rings. The van der Waals surface area contributed by atoms with Crippen LogP contribution in [0.2, 0.25) is 0 Å². The predicted octanol–water partition coefficient (Wildman–Crippen LogP) is 3.54. The van der Waals surface area contributed by atoms with Gasteiger partial charge in [-0.25, -0.2) is 9.59 Å². The fourth-order valence-corrected chi connectivity index (χ4v) is 2.52. The summed E-state index contributed by atoms with van der Waals surface area (Å²) in [4.78, 5) is 34.0. The van der Waals surface area contributed by atoms with Crippen LogP contribution in [0.4, 0.5) is 5.69 Å². The second-order valence-electron chi connectivity index (χ2n) is 5.55. The van der Waals surface area contributed by atoms with Crippen LogP contribution in [0.25, 0.3) is 11.0 Å². The zero-order chi connectivity index (χ0) is 18.1. The van der Waals surface area contributed by atoms with Gasteiger partial charge in [0.2, 0.25) is 0 Å². The van der Waals surface area contributed by atoms with E-state index in [1.54, 1.807) is 26.0 Å². The van der Waals surface area contributed by atoms with E-state index in [9.17, 15) is 19.7 Å². The molecule has 0 amide bonds. The number of nitro groups is 1. The van der Waals surface area contributed by atoms with Crippen LogP contribution in [0, 0.1) is 24.0 Å². The Labute approximate surface area is 141 Å². The minimum Gasteiger partial charge on any atom is -0.423 e. The number of benzene rings is 2. The van der Waals surface area contributed by atoms with E-state index in [2.05, 4.69) is 0 Å². The third-order valence-electron chi connectivity index (χ3n) is 3.76. The van der Waals surface area contributed by atoms with Gasteiger partial charge in [-0.1, -0.05) is 0 Å². The van der Waals surface area contributed by atoms with Gasteiger partial charge in [0.1, 0.15) is 11.3 Å². The number of nitro benzene ring substituents is 1. The summed E-state index contributed by atoms with van der Waals surface area (Å²) in [5, 5.41) is 11.6. The van der Waals surface area contributed by atoms with Gasteiger partial charge in [-0.3, -0.25) is 10.1 Å². The second kappa shape index (κ2) is 6.20. The number of esters is 1. The molecule has 0 atom stereocenters. The summed E-state index contributed by atoms with van der Waals surface area (Å²) < 4.78 is 10.4. The van der Waals surface area contributed by atoms with E-state index in [0.717, 1.165) is 10.9 Å². The fourth-order valence-electron chi connectivity index (χ4n) is 2.52. The van der Waals surface area contributed by atoms with Crippen LogP contribution < -0.4 is 10.4 Å². The summed E-state index contributed by atoms with van der Waals surface area (Å²) in [5.41, 5.74) is 1.07. The lowest BCUT2D eigenvalue weighted by atomic mass is 10.1. The smallest absolute Gasteiger partial charge is 0.343 e. The van der Waals surface area contributed by atoms with Gasteiger partial charge in [0, 0.05) is 29.1 Å². The number of fused-ring (bicyclic) bond motifs is 1. The van der Waals surface area contributed by atoms with Crippen LogP contribution in [-0.4, -0.2) is 10.9 Å². The number of carbonyl (C=O) groups is 1. The van der Waals surface area contributed by atoms with Crippen molar-refractivity contribution in [2.75, 3.05) is 0 Å². The van der Waals surface area contributed by atoms with E-state index in [1.165, 1.54) is 30.3 Å². The van der Waals surface area contributed by atoms with E-state index in [0.29, 0.717) is 11.1 Å². The Bertz CT molecular complexity index is 1070. The third-order valence-corrected chi connectivity index (χ3v) is 3.76. The SMILES string of the molecule is Cc1cc(C(=O)Oc2ccc3c(C)cc(=O)oc3c2)ccc1[N+](=O)[O-]. The molecule has 7 heteroatoms. The van der Waals surface area contributed by atoms with Gasteiger partial charge in [0.15, 0.2) is 0 Å². The minimum atomic E-state index is -0.660. The Morgan fingerprint density at radius 1 is 1.08 bits per heavy atom. The molecule has 126 valence electrons. The number of rotatable bonds is 3. The fraction of sp³-hybridized carbons (Fsp3) is 0.111. The largest absolute Gasteiger partial charge is 0.423 e. The summed E-state index contributed by atoms with van der Waals surface area (Å²) in [6.45, 7) is 3.33. The van der Waals surface area contributed by atoms with E-state index < -0.39 is 16.5 Å².